The lowest BCUT2D eigenvalue weighted by atomic mass is 9.64. The first-order chi connectivity index (χ1) is 34.0. The van der Waals surface area contributed by atoms with E-state index in [0.717, 1.165) is 67.4 Å². The highest BCUT2D eigenvalue weighted by atomic mass is 16.5. The van der Waals surface area contributed by atoms with Crippen LogP contribution in [0.2, 0.25) is 0 Å². The van der Waals surface area contributed by atoms with Crippen LogP contribution in [0, 0.1) is 0 Å². The SMILES string of the molecule is CC1(C)c2ccccc2-c2ccc(N(c3ccc(-c4cccc5c4oc4ccccc45)cc3)C3C=CC4=C(C3)c3ccccc3C43c4ccc5ccccc5c4Oc4c3ccc3ccccc43)cc21. The van der Waals surface area contributed by atoms with Crippen molar-refractivity contribution in [1.82, 2.24) is 0 Å². The van der Waals surface area contributed by atoms with E-state index in [1.54, 1.807) is 0 Å². The summed E-state index contributed by atoms with van der Waals surface area (Å²) in [7, 11) is 0. The normalized spacial score (nSPS) is 16.6. The number of anilines is 2. The van der Waals surface area contributed by atoms with Gasteiger partial charge in [-0.2, -0.15) is 0 Å². The molecule has 0 N–H and O–H groups in total. The van der Waals surface area contributed by atoms with Crippen LogP contribution in [0.5, 0.6) is 11.5 Å². The number of furan rings is 1. The number of para-hydroxylation sites is 2. The molecule has 1 unspecified atom stereocenters. The van der Waals surface area contributed by atoms with E-state index in [9.17, 15) is 0 Å². The summed E-state index contributed by atoms with van der Waals surface area (Å²) in [5.74, 6) is 1.88. The summed E-state index contributed by atoms with van der Waals surface area (Å²) in [6.07, 6.45) is 5.78. The van der Waals surface area contributed by atoms with E-state index in [-0.39, 0.29) is 11.5 Å². The Kier molecular flexibility index (Phi) is 7.89. The first-order valence-electron chi connectivity index (χ1n) is 24.3. The minimum atomic E-state index is -0.585. The number of benzene rings is 10. The third kappa shape index (κ3) is 5.22. The van der Waals surface area contributed by atoms with Gasteiger partial charge in [-0.05, 0) is 97.6 Å². The monoisotopic (exact) mass is 883 g/mol. The second-order valence-corrected chi connectivity index (χ2v) is 19.8. The van der Waals surface area contributed by atoms with Gasteiger partial charge in [0.25, 0.3) is 0 Å². The van der Waals surface area contributed by atoms with Crippen molar-refractivity contribution in [2.45, 2.75) is 37.1 Å². The van der Waals surface area contributed by atoms with Crippen molar-refractivity contribution in [3.05, 3.63) is 257 Å². The fraction of sp³-hybridized carbons (Fsp3) is 0.0909. The van der Waals surface area contributed by atoms with Gasteiger partial charge in [-0.3, -0.25) is 0 Å². The summed E-state index contributed by atoms with van der Waals surface area (Å²) in [4.78, 5) is 2.59. The van der Waals surface area contributed by atoms with E-state index in [0.29, 0.717) is 0 Å². The second-order valence-electron chi connectivity index (χ2n) is 19.8. The average Bonchev–Trinajstić information content (AvgIpc) is 4.00. The van der Waals surface area contributed by atoms with Gasteiger partial charge in [-0.15, -0.1) is 0 Å². The highest BCUT2D eigenvalue weighted by Gasteiger charge is 2.53. The number of hydrogen-bond acceptors (Lipinski definition) is 3. The van der Waals surface area contributed by atoms with Crippen molar-refractivity contribution in [3.63, 3.8) is 0 Å². The smallest absolute Gasteiger partial charge is 0.143 e. The molecule has 326 valence electrons. The van der Waals surface area contributed by atoms with Gasteiger partial charge in [0.2, 0.25) is 0 Å². The first kappa shape index (κ1) is 38.7. The van der Waals surface area contributed by atoms with Gasteiger partial charge < -0.3 is 14.1 Å². The molecule has 0 radical (unpaired) electrons. The van der Waals surface area contributed by atoms with Crippen molar-refractivity contribution in [1.29, 1.82) is 0 Å². The molecule has 4 aliphatic rings. The molecule has 1 aliphatic heterocycles. The molecule has 0 fully saturated rings. The zero-order valence-corrected chi connectivity index (χ0v) is 38.3. The van der Waals surface area contributed by atoms with Gasteiger partial charge >= 0.3 is 0 Å². The predicted molar refractivity (Wildman–Crippen MR) is 284 cm³/mol. The summed E-state index contributed by atoms with van der Waals surface area (Å²) >= 11 is 0. The van der Waals surface area contributed by atoms with Crippen molar-refractivity contribution < 1.29 is 9.15 Å². The van der Waals surface area contributed by atoms with E-state index in [2.05, 4.69) is 231 Å². The van der Waals surface area contributed by atoms with Crippen LogP contribution in [-0.4, -0.2) is 6.04 Å². The highest BCUT2D eigenvalue weighted by Crippen LogP contribution is 2.65. The standard InChI is InChI=1S/C66H45NO2/c1-65(2)55-23-10-7-18-49(55)51-34-32-45(39-60(51)65)67(43-30-26-42(27-31-43)46-21-13-22-53-52-20-9-12-25-61(52)68-62(46)53)44-33-37-57-54(38-44)50-19-8-11-24-56(50)66(57)58-35-28-40-14-3-5-16-47(40)63(58)69-64-48-17-6-4-15-41(48)29-36-59(64)66/h3-37,39,44H,38H2,1-2H3. The summed E-state index contributed by atoms with van der Waals surface area (Å²) in [5.41, 5.74) is 18.7. The van der Waals surface area contributed by atoms with Crippen LogP contribution >= 0.6 is 0 Å². The summed E-state index contributed by atoms with van der Waals surface area (Å²) < 4.78 is 13.8. The van der Waals surface area contributed by atoms with Crippen molar-refractivity contribution in [3.8, 4) is 33.8 Å². The first-order valence-corrected chi connectivity index (χ1v) is 24.3. The number of rotatable bonds is 4. The topological polar surface area (TPSA) is 25.6 Å². The number of hydrogen-bond donors (Lipinski definition) is 0. The highest BCUT2D eigenvalue weighted by molar-refractivity contribution is 6.09. The molecule has 10 aromatic carbocycles. The molecule has 3 nitrogen and oxygen atoms in total. The Hall–Kier alpha value is -8.40. The van der Waals surface area contributed by atoms with Gasteiger partial charge in [0.1, 0.15) is 22.7 Å². The zero-order valence-electron chi connectivity index (χ0n) is 38.3. The third-order valence-electron chi connectivity index (χ3n) is 16.1. The molecule has 69 heavy (non-hydrogen) atoms. The predicted octanol–water partition coefficient (Wildman–Crippen LogP) is 17.2. The van der Waals surface area contributed by atoms with Crippen LogP contribution in [0.15, 0.2) is 228 Å². The lowest BCUT2D eigenvalue weighted by Crippen LogP contribution is -2.35. The molecule has 3 aliphatic carbocycles. The fourth-order valence-corrected chi connectivity index (χ4v) is 13.0. The number of fused-ring (bicyclic) bond motifs is 18. The van der Waals surface area contributed by atoms with Crippen LogP contribution in [0.1, 0.15) is 53.6 Å². The van der Waals surface area contributed by atoms with Gasteiger partial charge in [0.05, 0.1) is 11.5 Å². The van der Waals surface area contributed by atoms with Crippen molar-refractivity contribution >= 4 is 60.4 Å². The fourth-order valence-electron chi connectivity index (χ4n) is 13.0. The third-order valence-corrected chi connectivity index (χ3v) is 16.1. The lowest BCUT2D eigenvalue weighted by Gasteiger charge is -2.42. The molecule has 1 atom stereocenters. The Balaban J connectivity index is 0.918. The maximum Gasteiger partial charge on any atom is 0.143 e. The van der Waals surface area contributed by atoms with E-state index in [1.165, 1.54) is 72.1 Å². The molecule has 3 heteroatoms. The molecule has 1 aromatic heterocycles. The molecule has 0 saturated heterocycles. The molecule has 15 rings (SSSR count). The molecule has 1 spiro atoms. The zero-order chi connectivity index (χ0) is 45.6. The Labute approximate surface area is 400 Å². The van der Waals surface area contributed by atoms with Gasteiger partial charge in [0, 0.05) is 55.0 Å². The van der Waals surface area contributed by atoms with Gasteiger partial charge in [0.15, 0.2) is 0 Å². The molecule has 0 bridgehead atoms. The van der Waals surface area contributed by atoms with E-state index < -0.39 is 5.41 Å². The summed E-state index contributed by atoms with van der Waals surface area (Å²) in [6.45, 7) is 4.75. The molecular formula is C66H45NO2. The number of nitrogens with zero attached hydrogens (tertiary/aromatic N) is 1. The van der Waals surface area contributed by atoms with Crippen LogP contribution < -0.4 is 9.64 Å². The molecule has 11 aromatic rings. The average molecular weight is 884 g/mol. The van der Waals surface area contributed by atoms with Gasteiger partial charge in [-0.25, -0.2) is 0 Å². The van der Waals surface area contributed by atoms with Crippen LogP contribution in [0.3, 0.4) is 0 Å². The van der Waals surface area contributed by atoms with Crippen LogP contribution in [-0.2, 0) is 10.8 Å². The Morgan fingerprint density at radius 2 is 1.06 bits per heavy atom. The summed E-state index contributed by atoms with van der Waals surface area (Å²) in [5, 5.41) is 6.88. The maximum absolute atomic E-state index is 7.26. The lowest BCUT2D eigenvalue weighted by molar-refractivity contribution is 0.446. The molecule has 0 amide bonds. The maximum atomic E-state index is 7.26. The quantitative estimate of drug-likeness (QED) is 0.176. The van der Waals surface area contributed by atoms with Crippen molar-refractivity contribution in [2.24, 2.45) is 0 Å². The Morgan fingerprint density at radius 3 is 1.81 bits per heavy atom. The van der Waals surface area contributed by atoms with E-state index >= 15 is 0 Å². The van der Waals surface area contributed by atoms with Crippen LogP contribution in [0.25, 0.3) is 71.3 Å². The number of ether oxygens (including phenoxy) is 1. The van der Waals surface area contributed by atoms with E-state index in [4.69, 9.17) is 9.15 Å². The molecule has 2 heterocycles. The van der Waals surface area contributed by atoms with Crippen molar-refractivity contribution in [2.75, 3.05) is 4.90 Å². The van der Waals surface area contributed by atoms with Gasteiger partial charge in [-0.1, -0.05) is 202 Å². The Bertz CT molecular complexity index is 3980. The number of allylic oxidation sites excluding steroid dienone is 2. The van der Waals surface area contributed by atoms with Crippen LogP contribution in [0.4, 0.5) is 11.4 Å². The molecule has 0 saturated carbocycles. The molecular weight excluding hydrogens is 839 g/mol. The minimum Gasteiger partial charge on any atom is -0.455 e. The second kappa shape index (κ2) is 14.1. The Morgan fingerprint density at radius 1 is 0.464 bits per heavy atom. The summed E-state index contributed by atoms with van der Waals surface area (Å²) in [6, 6.07) is 75.9. The minimum absolute atomic E-state index is 0.00791. The van der Waals surface area contributed by atoms with E-state index in [1.807, 2.05) is 6.07 Å². The largest absolute Gasteiger partial charge is 0.455 e.